The van der Waals surface area contributed by atoms with Gasteiger partial charge in [0.15, 0.2) is 5.96 Å². The summed E-state index contributed by atoms with van der Waals surface area (Å²) in [7, 11) is 0. The average molecular weight is 420 g/mol. The van der Waals surface area contributed by atoms with Crippen LogP contribution in [0.5, 0.6) is 0 Å². The molecule has 0 amide bonds. The summed E-state index contributed by atoms with van der Waals surface area (Å²) in [4.78, 5) is 8.94. The number of aromatic nitrogens is 1. The maximum Gasteiger partial charge on any atom is 0.200 e. The number of nitrogens with one attached hydrogen (secondary N) is 3. The number of para-hydroxylation sites is 1. The Balaban J connectivity index is 1.48. The number of nitrogens with zero attached hydrogens (tertiary/aromatic N) is 2. The van der Waals surface area contributed by atoms with E-state index in [2.05, 4.69) is 41.0 Å². The van der Waals surface area contributed by atoms with Crippen molar-refractivity contribution in [1.82, 2.24) is 10.3 Å². The van der Waals surface area contributed by atoms with E-state index in [1.807, 2.05) is 18.2 Å². The summed E-state index contributed by atoms with van der Waals surface area (Å²) in [5.41, 5.74) is 5.04. The zero-order valence-electron chi connectivity index (χ0n) is 18.1. The Morgan fingerprint density at radius 3 is 2.87 bits per heavy atom. The first-order valence-corrected chi connectivity index (χ1v) is 10.9. The summed E-state index contributed by atoms with van der Waals surface area (Å²) in [5.74, 6) is 0.958. The molecule has 162 valence electrons. The predicted molar refractivity (Wildman–Crippen MR) is 127 cm³/mol. The zero-order chi connectivity index (χ0) is 21.8. The van der Waals surface area contributed by atoms with Gasteiger partial charge in [0.25, 0.3) is 0 Å². The van der Waals surface area contributed by atoms with Gasteiger partial charge in [-0.3, -0.25) is 4.99 Å². The SMILES string of the molecule is C=Cc1cc(F)cnc1NCc1cccc2c1NC(=NCCC1(CCC)CC1)NC2=C. The molecule has 5 nitrogen and oxygen atoms in total. The topological polar surface area (TPSA) is 61.3 Å². The Bertz CT molecular complexity index is 1020. The Morgan fingerprint density at radius 1 is 1.29 bits per heavy atom. The van der Waals surface area contributed by atoms with E-state index >= 15 is 0 Å². The minimum atomic E-state index is -0.380. The van der Waals surface area contributed by atoms with Crippen LogP contribution in [-0.4, -0.2) is 17.5 Å². The van der Waals surface area contributed by atoms with E-state index in [0.717, 1.165) is 41.4 Å². The van der Waals surface area contributed by atoms with E-state index in [4.69, 9.17) is 4.99 Å². The van der Waals surface area contributed by atoms with Crippen molar-refractivity contribution in [3.8, 4) is 0 Å². The fraction of sp³-hybridized carbons (Fsp3) is 0.360. The van der Waals surface area contributed by atoms with Gasteiger partial charge >= 0.3 is 0 Å². The van der Waals surface area contributed by atoms with Crippen LogP contribution in [0.2, 0.25) is 0 Å². The van der Waals surface area contributed by atoms with E-state index in [0.29, 0.717) is 23.3 Å². The molecule has 1 aromatic heterocycles. The number of pyridine rings is 1. The van der Waals surface area contributed by atoms with Crippen LogP contribution in [-0.2, 0) is 6.54 Å². The van der Waals surface area contributed by atoms with Crippen LogP contribution in [0.4, 0.5) is 15.9 Å². The molecule has 1 aliphatic carbocycles. The molecule has 1 aromatic carbocycles. The van der Waals surface area contributed by atoms with Crippen LogP contribution in [0.15, 0.2) is 48.6 Å². The molecule has 0 bridgehead atoms. The van der Waals surface area contributed by atoms with E-state index < -0.39 is 0 Å². The number of halogens is 1. The van der Waals surface area contributed by atoms with Crippen molar-refractivity contribution in [3.05, 3.63) is 66.1 Å². The lowest BCUT2D eigenvalue weighted by atomic mass is 9.97. The van der Waals surface area contributed by atoms with Crippen molar-refractivity contribution in [2.45, 2.75) is 45.6 Å². The Morgan fingerprint density at radius 2 is 2.13 bits per heavy atom. The van der Waals surface area contributed by atoms with Gasteiger partial charge in [0.2, 0.25) is 0 Å². The first-order chi connectivity index (χ1) is 15.0. The van der Waals surface area contributed by atoms with Crippen molar-refractivity contribution in [2.24, 2.45) is 10.4 Å². The highest BCUT2D eigenvalue weighted by Crippen LogP contribution is 2.52. The molecule has 4 rings (SSSR count). The number of hydrogen-bond donors (Lipinski definition) is 3. The number of hydrogen-bond acceptors (Lipinski definition) is 3. The second kappa shape index (κ2) is 8.92. The normalized spacial score (nSPS) is 17.5. The average Bonchev–Trinajstić information content (AvgIpc) is 3.52. The lowest BCUT2D eigenvalue weighted by molar-refractivity contribution is 0.431. The van der Waals surface area contributed by atoms with Gasteiger partial charge in [-0.25, -0.2) is 9.37 Å². The van der Waals surface area contributed by atoms with Gasteiger partial charge in [-0.05, 0) is 42.7 Å². The molecule has 31 heavy (non-hydrogen) atoms. The Hall–Kier alpha value is -3.15. The second-order valence-corrected chi connectivity index (χ2v) is 8.45. The number of guanidine groups is 1. The maximum absolute atomic E-state index is 13.5. The number of benzene rings is 1. The van der Waals surface area contributed by atoms with Crippen LogP contribution in [0.3, 0.4) is 0 Å². The maximum atomic E-state index is 13.5. The molecule has 0 unspecified atom stereocenters. The molecule has 0 atom stereocenters. The number of fused-ring (bicyclic) bond motifs is 1. The molecule has 0 spiro atoms. The minimum Gasteiger partial charge on any atom is -0.365 e. The van der Waals surface area contributed by atoms with Crippen molar-refractivity contribution < 1.29 is 4.39 Å². The smallest absolute Gasteiger partial charge is 0.200 e. The van der Waals surface area contributed by atoms with Gasteiger partial charge in [-0.2, -0.15) is 0 Å². The first-order valence-electron chi connectivity index (χ1n) is 10.9. The molecule has 3 N–H and O–H groups in total. The molecule has 1 aliphatic heterocycles. The molecule has 2 aliphatic rings. The fourth-order valence-corrected chi connectivity index (χ4v) is 4.26. The van der Waals surface area contributed by atoms with Gasteiger partial charge < -0.3 is 16.0 Å². The molecule has 2 heterocycles. The van der Waals surface area contributed by atoms with E-state index in [1.54, 1.807) is 6.08 Å². The van der Waals surface area contributed by atoms with E-state index in [9.17, 15) is 4.39 Å². The number of rotatable bonds is 9. The highest BCUT2D eigenvalue weighted by molar-refractivity contribution is 6.06. The third kappa shape index (κ3) is 4.79. The zero-order valence-corrected chi connectivity index (χ0v) is 18.1. The lowest BCUT2D eigenvalue weighted by Crippen LogP contribution is -2.35. The van der Waals surface area contributed by atoms with Crippen LogP contribution in [0.25, 0.3) is 11.8 Å². The van der Waals surface area contributed by atoms with Crippen LogP contribution in [0.1, 0.15) is 55.7 Å². The molecule has 0 saturated heterocycles. The largest absolute Gasteiger partial charge is 0.365 e. The minimum absolute atomic E-state index is 0.380. The highest BCUT2D eigenvalue weighted by atomic mass is 19.1. The van der Waals surface area contributed by atoms with Crippen molar-refractivity contribution in [1.29, 1.82) is 0 Å². The van der Waals surface area contributed by atoms with Crippen molar-refractivity contribution in [2.75, 3.05) is 17.2 Å². The quantitative estimate of drug-likeness (QED) is 0.482. The predicted octanol–water partition coefficient (Wildman–Crippen LogP) is 5.79. The summed E-state index contributed by atoms with van der Waals surface area (Å²) in [6.07, 6.45) is 9.15. The number of aliphatic imine (C=N–C) groups is 1. The molecule has 0 radical (unpaired) electrons. The third-order valence-corrected chi connectivity index (χ3v) is 6.19. The van der Waals surface area contributed by atoms with E-state index in [1.165, 1.54) is 37.9 Å². The third-order valence-electron chi connectivity index (χ3n) is 6.19. The monoisotopic (exact) mass is 419 g/mol. The first kappa shape index (κ1) is 21.1. The molecule has 1 saturated carbocycles. The summed E-state index contributed by atoms with van der Waals surface area (Å²) < 4.78 is 13.5. The van der Waals surface area contributed by atoms with Gasteiger partial charge in [-0.15, -0.1) is 0 Å². The lowest BCUT2D eigenvalue weighted by Gasteiger charge is -2.26. The van der Waals surface area contributed by atoms with Gasteiger partial charge in [-0.1, -0.05) is 50.8 Å². The van der Waals surface area contributed by atoms with Gasteiger partial charge in [0.05, 0.1) is 11.9 Å². The summed E-state index contributed by atoms with van der Waals surface area (Å²) in [6, 6.07) is 7.50. The standard InChI is InChI=1S/C25H30FN5/c1-4-9-25(10-11-25)12-13-27-24-30-17(3)21-8-6-7-19(22(21)31-24)15-28-23-18(5-2)14-20(26)16-29-23/h5-8,14,16H,2-4,9-13,15H2,1H3,(H,28,29)(H2,27,30,31). The van der Waals surface area contributed by atoms with Gasteiger partial charge in [0.1, 0.15) is 11.6 Å². The molecule has 6 heteroatoms. The fourth-order valence-electron chi connectivity index (χ4n) is 4.26. The second-order valence-electron chi connectivity index (χ2n) is 8.45. The molecular formula is C25H30FN5. The van der Waals surface area contributed by atoms with Crippen molar-refractivity contribution >= 4 is 29.2 Å². The van der Waals surface area contributed by atoms with Crippen LogP contribution < -0.4 is 16.0 Å². The van der Waals surface area contributed by atoms with E-state index in [-0.39, 0.29) is 5.82 Å². The van der Waals surface area contributed by atoms with Crippen LogP contribution >= 0.6 is 0 Å². The molecule has 1 fully saturated rings. The van der Waals surface area contributed by atoms with Crippen LogP contribution in [0, 0.1) is 11.2 Å². The Labute approximate surface area is 183 Å². The Kier molecular flexibility index (Phi) is 6.07. The van der Waals surface area contributed by atoms with Crippen molar-refractivity contribution in [3.63, 3.8) is 0 Å². The summed E-state index contributed by atoms with van der Waals surface area (Å²) in [5, 5.41) is 10.0. The summed E-state index contributed by atoms with van der Waals surface area (Å²) >= 11 is 0. The number of anilines is 2. The molecule has 2 aromatic rings. The highest BCUT2D eigenvalue weighted by Gasteiger charge is 2.40. The van der Waals surface area contributed by atoms with Gasteiger partial charge in [0, 0.05) is 29.9 Å². The molecular weight excluding hydrogens is 389 g/mol. The summed E-state index contributed by atoms with van der Waals surface area (Å²) in [6.45, 7) is 11.5.